The van der Waals surface area contributed by atoms with Crippen molar-refractivity contribution in [3.63, 3.8) is 0 Å². The number of pyridine rings is 1. The van der Waals surface area contributed by atoms with Crippen LogP contribution >= 0.6 is 11.3 Å². The molecule has 0 atom stereocenters. The van der Waals surface area contributed by atoms with Crippen LogP contribution in [0.15, 0.2) is 36.5 Å². The Balaban J connectivity index is 0.000000880. The topological polar surface area (TPSA) is 42.7 Å². The smallest absolute Gasteiger partial charge is 0.166 e. The third kappa shape index (κ3) is 3.22. The average molecular weight is 356 g/mol. The highest BCUT2D eigenvalue weighted by Crippen LogP contribution is 2.38. The summed E-state index contributed by atoms with van der Waals surface area (Å²) in [6.07, 6.45) is 1.84. The zero-order chi connectivity index (χ0) is 18.0. The molecule has 1 aromatic carbocycles. The minimum absolute atomic E-state index is 0.222. The van der Waals surface area contributed by atoms with E-state index in [0.717, 1.165) is 31.8 Å². The monoisotopic (exact) mass is 356 g/mol. The van der Waals surface area contributed by atoms with E-state index in [1.54, 1.807) is 23.5 Å². The van der Waals surface area contributed by atoms with Crippen LogP contribution in [0.5, 0.6) is 0 Å². The first-order valence-electron chi connectivity index (χ1n) is 8.32. The van der Waals surface area contributed by atoms with Gasteiger partial charge in [-0.05, 0) is 36.2 Å². The fraction of sp³-hybridized carbons (Fsp3) is 0.263. The summed E-state index contributed by atoms with van der Waals surface area (Å²) in [7, 11) is 1.95. The highest BCUT2D eigenvalue weighted by molar-refractivity contribution is 7.26. The van der Waals surface area contributed by atoms with E-state index in [-0.39, 0.29) is 5.82 Å². The van der Waals surface area contributed by atoms with Gasteiger partial charge in [-0.15, -0.1) is 11.3 Å². The number of anilines is 1. The molecular formula is C19H21FN4S. The van der Waals surface area contributed by atoms with E-state index < -0.39 is 0 Å². The van der Waals surface area contributed by atoms with Crippen molar-refractivity contribution in [2.75, 3.05) is 5.32 Å². The van der Waals surface area contributed by atoms with Gasteiger partial charge in [0.15, 0.2) is 5.82 Å². The van der Waals surface area contributed by atoms with E-state index in [1.807, 2.05) is 37.8 Å². The second-order valence-electron chi connectivity index (χ2n) is 5.54. The van der Waals surface area contributed by atoms with Crippen LogP contribution in [-0.4, -0.2) is 14.8 Å². The number of nitrogens with one attached hydrogen (secondary N) is 1. The molecule has 0 fully saturated rings. The number of fused-ring (bicyclic) bond motifs is 3. The fourth-order valence-electron chi connectivity index (χ4n) is 2.78. The lowest BCUT2D eigenvalue weighted by Crippen LogP contribution is -2.01. The van der Waals surface area contributed by atoms with Gasteiger partial charge in [0.25, 0.3) is 0 Å². The van der Waals surface area contributed by atoms with Crippen molar-refractivity contribution in [3.8, 4) is 0 Å². The Bertz CT molecular complexity index is 1000. The predicted octanol–water partition coefficient (Wildman–Crippen LogP) is 5.27. The number of hydrogen-bond acceptors (Lipinski definition) is 4. The van der Waals surface area contributed by atoms with Crippen molar-refractivity contribution >= 4 is 37.6 Å². The van der Waals surface area contributed by atoms with Crippen molar-refractivity contribution in [1.29, 1.82) is 0 Å². The molecule has 130 valence electrons. The molecule has 6 heteroatoms. The lowest BCUT2D eigenvalue weighted by molar-refractivity contribution is 0.627. The van der Waals surface area contributed by atoms with Crippen LogP contribution in [0.4, 0.5) is 10.2 Å². The van der Waals surface area contributed by atoms with E-state index in [4.69, 9.17) is 0 Å². The predicted molar refractivity (Wildman–Crippen MR) is 104 cm³/mol. The molecule has 0 spiro atoms. The van der Waals surface area contributed by atoms with Crippen LogP contribution < -0.4 is 5.32 Å². The quantitative estimate of drug-likeness (QED) is 0.544. The molecule has 3 aromatic heterocycles. The molecule has 25 heavy (non-hydrogen) atoms. The zero-order valence-electron chi connectivity index (χ0n) is 14.8. The summed E-state index contributed by atoms with van der Waals surface area (Å²) in [6.45, 7) is 6.70. The average Bonchev–Trinajstić information content (AvgIpc) is 3.15. The Kier molecular flexibility index (Phi) is 4.99. The summed E-state index contributed by atoms with van der Waals surface area (Å²) in [6, 6.07) is 8.51. The van der Waals surface area contributed by atoms with E-state index in [1.165, 1.54) is 17.7 Å². The minimum Gasteiger partial charge on any atom is -0.363 e. The molecule has 0 aliphatic heterocycles. The van der Waals surface area contributed by atoms with Crippen molar-refractivity contribution in [3.05, 3.63) is 53.5 Å². The Morgan fingerprint density at radius 1 is 1.16 bits per heavy atom. The van der Waals surface area contributed by atoms with Crippen molar-refractivity contribution in [1.82, 2.24) is 14.8 Å². The maximum atomic E-state index is 13.0. The van der Waals surface area contributed by atoms with Gasteiger partial charge in [-0.3, -0.25) is 4.68 Å². The Labute approximate surface area is 150 Å². The molecule has 0 saturated carbocycles. The Morgan fingerprint density at radius 2 is 1.88 bits per heavy atom. The second kappa shape index (κ2) is 7.19. The third-order valence-electron chi connectivity index (χ3n) is 3.94. The Morgan fingerprint density at radius 3 is 2.60 bits per heavy atom. The number of nitrogens with zero attached hydrogens (tertiary/aromatic N) is 3. The summed E-state index contributed by atoms with van der Waals surface area (Å²) in [4.78, 5) is 5.50. The maximum absolute atomic E-state index is 13.0. The molecule has 0 radical (unpaired) electrons. The molecule has 0 aliphatic carbocycles. The van der Waals surface area contributed by atoms with Gasteiger partial charge in [-0.2, -0.15) is 5.10 Å². The van der Waals surface area contributed by atoms with Crippen molar-refractivity contribution in [2.24, 2.45) is 7.05 Å². The maximum Gasteiger partial charge on any atom is 0.166 e. The van der Waals surface area contributed by atoms with E-state index in [0.29, 0.717) is 6.54 Å². The van der Waals surface area contributed by atoms with Gasteiger partial charge in [-0.1, -0.05) is 26.0 Å². The number of aromatic nitrogens is 3. The Hall–Kier alpha value is -2.47. The first-order valence-corrected chi connectivity index (χ1v) is 9.14. The van der Waals surface area contributed by atoms with Crippen LogP contribution in [0.2, 0.25) is 0 Å². The molecule has 0 bridgehead atoms. The van der Waals surface area contributed by atoms with Crippen LogP contribution in [0.1, 0.15) is 25.0 Å². The highest BCUT2D eigenvalue weighted by Gasteiger charge is 2.17. The number of rotatable bonds is 3. The van der Waals surface area contributed by atoms with Crippen LogP contribution in [0.3, 0.4) is 0 Å². The number of halogens is 1. The molecule has 0 amide bonds. The molecule has 0 unspecified atom stereocenters. The fourth-order valence-corrected chi connectivity index (χ4v) is 3.98. The van der Waals surface area contributed by atoms with Crippen LogP contribution in [0, 0.1) is 12.7 Å². The standard InChI is InChI=1S/C17H15FN4S.C2H6/c1-10-7-8-19-17-13(10)14-15(23-17)16(21-22(14)2)20-9-11-3-5-12(18)6-4-11;1-2/h3-8H,9H2,1-2H3,(H,20,21);1-2H3. The normalized spacial score (nSPS) is 10.8. The molecule has 4 aromatic rings. The molecular weight excluding hydrogens is 335 g/mol. The first-order chi connectivity index (χ1) is 12.1. The first kappa shape index (κ1) is 17.4. The molecule has 0 saturated heterocycles. The van der Waals surface area contributed by atoms with Gasteiger partial charge >= 0.3 is 0 Å². The SMILES string of the molecule is CC.Cc1ccnc2sc3c(NCc4ccc(F)cc4)nn(C)c3c12. The molecule has 3 heterocycles. The largest absolute Gasteiger partial charge is 0.363 e. The van der Waals surface area contributed by atoms with E-state index >= 15 is 0 Å². The summed E-state index contributed by atoms with van der Waals surface area (Å²) >= 11 is 1.64. The van der Waals surface area contributed by atoms with Gasteiger partial charge < -0.3 is 5.32 Å². The van der Waals surface area contributed by atoms with E-state index in [2.05, 4.69) is 22.3 Å². The molecule has 4 rings (SSSR count). The minimum atomic E-state index is -0.222. The van der Waals surface area contributed by atoms with Gasteiger partial charge in [-0.25, -0.2) is 9.37 Å². The van der Waals surface area contributed by atoms with Crippen molar-refractivity contribution < 1.29 is 4.39 Å². The summed E-state index contributed by atoms with van der Waals surface area (Å²) in [5.41, 5.74) is 3.33. The second-order valence-corrected chi connectivity index (χ2v) is 6.54. The molecule has 0 aliphatic rings. The lowest BCUT2D eigenvalue weighted by Gasteiger charge is -2.03. The van der Waals surface area contributed by atoms with Crippen LogP contribution in [-0.2, 0) is 13.6 Å². The number of benzene rings is 1. The summed E-state index contributed by atoms with van der Waals surface area (Å²) in [5.74, 6) is 0.620. The van der Waals surface area contributed by atoms with Gasteiger partial charge in [0.1, 0.15) is 10.6 Å². The van der Waals surface area contributed by atoms with E-state index in [9.17, 15) is 4.39 Å². The number of aryl methyl sites for hydroxylation is 2. The molecule has 4 nitrogen and oxygen atoms in total. The summed E-state index contributed by atoms with van der Waals surface area (Å²) in [5, 5.41) is 9.10. The van der Waals surface area contributed by atoms with Gasteiger partial charge in [0.2, 0.25) is 0 Å². The van der Waals surface area contributed by atoms with Crippen LogP contribution in [0.25, 0.3) is 20.4 Å². The number of hydrogen-bond donors (Lipinski definition) is 1. The van der Waals surface area contributed by atoms with Gasteiger partial charge in [0, 0.05) is 25.2 Å². The highest BCUT2D eigenvalue weighted by atomic mass is 32.1. The zero-order valence-corrected chi connectivity index (χ0v) is 15.6. The van der Waals surface area contributed by atoms with Crippen molar-refractivity contribution in [2.45, 2.75) is 27.3 Å². The summed E-state index contributed by atoms with van der Waals surface area (Å²) < 4.78 is 16.0. The third-order valence-corrected chi connectivity index (χ3v) is 5.03. The van der Waals surface area contributed by atoms with Gasteiger partial charge in [0.05, 0.1) is 10.2 Å². The molecule has 1 N–H and O–H groups in total. The number of thiophene rings is 1. The lowest BCUT2D eigenvalue weighted by atomic mass is 10.2.